The fraction of sp³-hybridized carbons (Fsp3) is 0.375. The first kappa shape index (κ1) is 13.7. The maximum Gasteiger partial charge on any atom is 0.307 e. The van der Waals surface area contributed by atoms with E-state index in [-0.39, 0.29) is 17.7 Å². The zero-order valence-corrected chi connectivity index (χ0v) is 11.7. The van der Waals surface area contributed by atoms with Gasteiger partial charge in [0.15, 0.2) is 0 Å². The Morgan fingerprint density at radius 3 is 2.33 bits per heavy atom. The molecule has 4 atom stereocenters. The van der Waals surface area contributed by atoms with Crippen LogP contribution in [0.15, 0.2) is 36.4 Å². The van der Waals surface area contributed by atoms with Crippen LogP contribution in [-0.2, 0) is 9.59 Å². The molecule has 0 saturated heterocycles. The fourth-order valence-electron chi connectivity index (χ4n) is 3.37. The smallest absolute Gasteiger partial charge is 0.307 e. The Morgan fingerprint density at radius 2 is 1.71 bits per heavy atom. The number of aliphatic carboxylic acids is 1. The Balaban J connectivity index is 1.66. The average Bonchev–Trinajstić information content (AvgIpc) is 3.06. The maximum atomic E-state index is 12.3. The van der Waals surface area contributed by atoms with Crippen molar-refractivity contribution < 1.29 is 14.7 Å². The lowest BCUT2D eigenvalue weighted by Crippen LogP contribution is -2.42. The van der Waals surface area contributed by atoms with Gasteiger partial charge in [0, 0.05) is 0 Å². The molecule has 0 heterocycles. The Hall–Kier alpha value is -2.30. The molecule has 0 radical (unpaired) electrons. The van der Waals surface area contributed by atoms with Gasteiger partial charge in [0.05, 0.1) is 17.5 Å². The minimum absolute atomic E-state index is 0.0115. The highest BCUT2D eigenvalue weighted by atomic mass is 16.4. The van der Waals surface area contributed by atoms with E-state index in [4.69, 9.17) is 0 Å². The molecule has 1 aromatic rings. The zero-order chi connectivity index (χ0) is 15.0. The standard InChI is InChI=1S/C16H18N2O3/c1-9-2-6-12(7-3-9)17-18-15(19)13-10-4-5-11(8-10)14(13)16(20)21/h2-7,10-11,13-14,17H,8H2,1H3,(H,18,19)(H,20,21)/t10-,11-,13+,14+/m0/s1. The highest BCUT2D eigenvalue weighted by Gasteiger charge is 2.51. The van der Waals surface area contributed by atoms with Gasteiger partial charge in [-0.1, -0.05) is 29.8 Å². The number of carbonyl (C=O) groups excluding carboxylic acids is 1. The number of hydrogen-bond acceptors (Lipinski definition) is 3. The Labute approximate surface area is 123 Å². The van der Waals surface area contributed by atoms with Gasteiger partial charge in [-0.15, -0.1) is 0 Å². The molecule has 3 N–H and O–H groups in total. The van der Waals surface area contributed by atoms with Crippen molar-refractivity contribution in [3.8, 4) is 0 Å². The largest absolute Gasteiger partial charge is 0.481 e. The van der Waals surface area contributed by atoms with Crippen LogP contribution in [0.1, 0.15) is 12.0 Å². The van der Waals surface area contributed by atoms with Crippen LogP contribution < -0.4 is 10.9 Å². The van der Waals surface area contributed by atoms with Gasteiger partial charge in [0.1, 0.15) is 0 Å². The number of allylic oxidation sites excluding steroid dienone is 2. The lowest BCUT2D eigenvalue weighted by Gasteiger charge is -2.24. The van der Waals surface area contributed by atoms with Crippen LogP contribution in [0.5, 0.6) is 0 Å². The number of rotatable bonds is 4. The van der Waals surface area contributed by atoms with E-state index in [0.29, 0.717) is 0 Å². The monoisotopic (exact) mass is 286 g/mol. The Bertz CT molecular complexity index is 594. The molecule has 110 valence electrons. The first-order valence-electron chi connectivity index (χ1n) is 7.10. The number of nitrogens with one attached hydrogen (secondary N) is 2. The van der Waals surface area contributed by atoms with Crippen LogP contribution in [0.4, 0.5) is 5.69 Å². The molecule has 0 aliphatic heterocycles. The molecule has 1 fully saturated rings. The number of carbonyl (C=O) groups is 2. The molecular formula is C16H18N2O3. The molecule has 0 aromatic heterocycles. The number of carboxylic acid groups (broad SMARTS) is 1. The summed E-state index contributed by atoms with van der Waals surface area (Å²) in [6, 6.07) is 7.61. The van der Waals surface area contributed by atoms with Crippen LogP contribution in [0.2, 0.25) is 0 Å². The highest BCUT2D eigenvalue weighted by molar-refractivity contribution is 5.87. The molecule has 0 spiro atoms. The highest BCUT2D eigenvalue weighted by Crippen LogP contribution is 2.48. The summed E-state index contributed by atoms with van der Waals surface area (Å²) in [6.07, 6.45) is 4.67. The van der Waals surface area contributed by atoms with Gasteiger partial charge in [-0.2, -0.15) is 0 Å². The number of aryl methyl sites for hydroxylation is 1. The predicted octanol–water partition coefficient (Wildman–Crippen LogP) is 1.96. The van der Waals surface area contributed by atoms with Crippen molar-refractivity contribution in [1.29, 1.82) is 0 Å². The van der Waals surface area contributed by atoms with Crippen LogP contribution in [0.3, 0.4) is 0 Å². The first-order valence-corrected chi connectivity index (χ1v) is 7.10. The number of carboxylic acids is 1. The summed E-state index contributed by atoms with van der Waals surface area (Å²) in [5, 5.41) is 9.34. The lowest BCUT2D eigenvalue weighted by molar-refractivity contribution is -0.147. The molecule has 1 saturated carbocycles. The zero-order valence-electron chi connectivity index (χ0n) is 11.7. The number of amides is 1. The minimum atomic E-state index is -0.887. The number of fused-ring (bicyclic) bond motifs is 2. The molecule has 21 heavy (non-hydrogen) atoms. The summed E-state index contributed by atoms with van der Waals surface area (Å²) in [4.78, 5) is 23.7. The Kier molecular flexibility index (Phi) is 3.41. The molecule has 2 aliphatic rings. The second-order valence-electron chi connectivity index (χ2n) is 5.82. The van der Waals surface area contributed by atoms with E-state index in [9.17, 15) is 14.7 Å². The van der Waals surface area contributed by atoms with Gasteiger partial charge < -0.3 is 5.11 Å². The fourth-order valence-corrected chi connectivity index (χ4v) is 3.37. The van der Waals surface area contributed by atoms with Crippen LogP contribution in [0, 0.1) is 30.6 Å². The summed E-state index contributed by atoms with van der Waals surface area (Å²) in [5.74, 6) is -2.21. The molecule has 5 nitrogen and oxygen atoms in total. The quantitative estimate of drug-likeness (QED) is 0.584. The topological polar surface area (TPSA) is 78.4 Å². The van der Waals surface area contributed by atoms with Gasteiger partial charge in [0.25, 0.3) is 0 Å². The van der Waals surface area contributed by atoms with Crippen molar-refractivity contribution in [2.24, 2.45) is 23.7 Å². The number of hydrazine groups is 1. The number of anilines is 1. The number of hydrogen-bond donors (Lipinski definition) is 3. The molecule has 3 rings (SSSR count). The maximum absolute atomic E-state index is 12.3. The Morgan fingerprint density at radius 1 is 1.10 bits per heavy atom. The third-order valence-corrected chi connectivity index (χ3v) is 4.43. The summed E-state index contributed by atoms with van der Waals surface area (Å²) in [6.45, 7) is 1.99. The van der Waals surface area contributed by atoms with Gasteiger partial charge in [-0.3, -0.25) is 20.4 Å². The van der Waals surface area contributed by atoms with Gasteiger partial charge >= 0.3 is 5.97 Å². The van der Waals surface area contributed by atoms with E-state index in [1.807, 2.05) is 43.3 Å². The number of benzene rings is 1. The van der Waals surface area contributed by atoms with Crippen molar-refractivity contribution in [2.45, 2.75) is 13.3 Å². The van der Waals surface area contributed by atoms with Crippen molar-refractivity contribution in [2.75, 3.05) is 5.43 Å². The molecule has 1 aromatic carbocycles. The molecule has 5 heteroatoms. The van der Waals surface area contributed by atoms with Crippen molar-refractivity contribution >= 4 is 17.6 Å². The normalized spacial score (nSPS) is 29.4. The summed E-state index contributed by atoms with van der Waals surface area (Å²) in [7, 11) is 0. The van der Waals surface area contributed by atoms with E-state index >= 15 is 0 Å². The second-order valence-corrected chi connectivity index (χ2v) is 5.82. The lowest BCUT2D eigenvalue weighted by atomic mass is 9.82. The average molecular weight is 286 g/mol. The van der Waals surface area contributed by atoms with Crippen molar-refractivity contribution in [1.82, 2.24) is 5.43 Å². The van der Waals surface area contributed by atoms with E-state index in [1.54, 1.807) is 0 Å². The van der Waals surface area contributed by atoms with Crippen molar-refractivity contribution in [3.05, 3.63) is 42.0 Å². The van der Waals surface area contributed by atoms with Gasteiger partial charge in [-0.25, -0.2) is 0 Å². The molecule has 1 amide bonds. The van der Waals surface area contributed by atoms with E-state index in [0.717, 1.165) is 17.7 Å². The molecular weight excluding hydrogens is 268 g/mol. The second kappa shape index (κ2) is 5.24. The summed E-state index contributed by atoms with van der Waals surface area (Å²) in [5.41, 5.74) is 7.41. The van der Waals surface area contributed by atoms with Crippen LogP contribution >= 0.6 is 0 Å². The van der Waals surface area contributed by atoms with Gasteiger partial charge in [-0.05, 0) is 37.3 Å². The van der Waals surface area contributed by atoms with Crippen LogP contribution in [-0.4, -0.2) is 17.0 Å². The van der Waals surface area contributed by atoms with E-state index in [2.05, 4.69) is 10.9 Å². The molecule has 2 aliphatic carbocycles. The van der Waals surface area contributed by atoms with Crippen molar-refractivity contribution in [3.63, 3.8) is 0 Å². The predicted molar refractivity (Wildman–Crippen MR) is 78.3 cm³/mol. The minimum Gasteiger partial charge on any atom is -0.481 e. The third kappa shape index (κ3) is 2.51. The van der Waals surface area contributed by atoms with E-state index in [1.165, 1.54) is 0 Å². The third-order valence-electron chi connectivity index (χ3n) is 4.43. The summed E-state index contributed by atoms with van der Waals surface area (Å²) >= 11 is 0. The summed E-state index contributed by atoms with van der Waals surface area (Å²) < 4.78 is 0. The first-order chi connectivity index (χ1) is 10.1. The SMILES string of the molecule is Cc1ccc(NNC(=O)[C@H]2[C@H](C(=O)O)[C@H]3C=C[C@H]2C3)cc1. The molecule has 0 unspecified atom stereocenters. The van der Waals surface area contributed by atoms with E-state index < -0.39 is 17.8 Å². The molecule has 2 bridgehead atoms. The van der Waals surface area contributed by atoms with Crippen LogP contribution in [0.25, 0.3) is 0 Å². The van der Waals surface area contributed by atoms with Gasteiger partial charge in [0.2, 0.25) is 5.91 Å².